The molecule has 0 aromatic heterocycles. The molecule has 8 atom stereocenters. The Balaban J connectivity index is 0.00000145. The molecule has 8 heteroatoms. The Morgan fingerprint density at radius 3 is 1.10 bits per heavy atom. The maximum Gasteiger partial charge on any atom is 0.309 e. The molecule has 0 amide bonds. The molecule has 164 valence electrons. The van der Waals surface area contributed by atoms with Crippen molar-refractivity contribution in [1.29, 1.82) is 0 Å². The van der Waals surface area contributed by atoms with E-state index in [1.54, 1.807) is 0 Å². The molecule has 0 radical (unpaired) electrons. The van der Waals surface area contributed by atoms with Gasteiger partial charge in [0.05, 0.1) is 52.1 Å². The van der Waals surface area contributed by atoms with E-state index in [2.05, 4.69) is 0 Å². The van der Waals surface area contributed by atoms with E-state index in [4.69, 9.17) is 18.9 Å². The molecule has 8 nitrogen and oxygen atoms in total. The second-order valence-electron chi connectivity index (χ2n) is 7.72. The van der Waals surface area contributed by atoms with Gasteiger partial charge < -0.3 is 18.9 Å². The Bertz CT molecular complexity index is 591. The van der Waals surface area contributed by atoms with Crippen molar-refractivity contribution in [3.63, 3.8) is 0 Å². The molecule has 3 saturated carbocycles. The molecule has 3 rings (SSSR count). The highest BCUT2D eigenvalue weighted by Gasteiger charge is 2.65. The number of hydrogen-bond donors (Lipinski definition) is 0. The molecule has 2 unspecified atom stereocenters. The maximum absolute atomic E-state index is 12.4. The fraction of sp³-hybridized carbons (Fsp3) is 0.810. The summed E-state index contributed by atoms with van der Waals surface area (Å²) in [5.74, 6) is -4.06. The van der Waals surface area contributed by atoms with E-state index in [9.17, 15) is 19.2 Å². The normalized spacial score (nSPS) is 36.8. The zero-order valence-electron chi connectivity index (χ0n) is 18.0. The van der Waals surface area contributed by atoms with Crippen molar-refractivity contribution in [2.45, 2.75) is 33.1 Å². The van der Waals surface area contributed by atoms with Crippen molar-refractivity contribution < 1.29 is 38.1 Å². The van der Waals surface area contributed by atoms with Gasteiger partial charge in [-0.3, -0.25) is 19.2 Å². The number of fused-ring (bicyclic) bond motifs is 5. The number of methoxy groups -OCH3 is 4. The van der Waals surface area contributed by atoms with Gasteiger partial charge in [0.2, 0.25) is 0 Å². The number of hydrogen-bond acceptors (Lipinski definition) is 8. The molecule has 3 aliphatic carbocycles. The lowest BCUT2D eigenvalue weighted by Gasteiger charge is -2.45. The van der Waals surface area contributed by atoms with Crippen molar-refractivity contribution >= 4 is 23.9 Å². The van der Waals surface area contributed by atoms with E-state index in [-0.39, 0.29) is 23.7 Å². The van der Waals surface area contributed by atoms with Gasteiger partial charge in [-0.2, -0.15) is 0 Å². The molecule has 0 N–H and O–H groups in total. The van der Waals surface area contributed by atoms with Gasteiger partial charge in [-0.1, -0.05) is 13.8 Å². The van der Waals surface area contributed by atoms with Crippen LogP contribution in [-0.2, 0) is 38.1 Å². The van der Waals surface area contributed by atoms with Crippen LogP contribution in [-0.4, -0.2) is 52.3 Å². The Labute approximate surface area is 171 Å². The van der Waals surface area contributed by atoms with Crippen molar-refractivity contribution in [3.05, 3.63) is 0 Å². The number of carbonyl (C=O) groups is 4. The van der Waals surface area contributed by atoms with Crippen LogP contribution in [0.1, 0.15) is 33.1 Å². The van der Waals surface area contributed by atoms with Gasteiger partial charge in [-0.25, -0.2) is 0 Å². The standard InChI is InChI=1S/C19H26O8.C2H6/c1-24-16(20)12-5-8-9(6-13(12)17(21)25-2)11-7-10(8)14(18(22)26-3)15(11)19(23)27-4;1-2/h8-15H,5-7H2,1-4H3;1-2H3/t8?,9?,10-,11+,12-,13+,14-,15+;. The molecule has 29 heavy (non-hydrogen) atoms. The Morgan fingerprint density at radius 2 is 0.828 bits per heavy atom. The molecular weight excluding hydrogens is 380 g/mol. The number of esters is 4. The third-order valence-corrected chi connectivity index (χ3v) is 7.00. The average molecular weight is 412 g/mol. The molecule has 0 aromatic carbocycles. The quantitative estimate of drug-likeness (QED) is 0.509. The first-order valence-electron chi connectivity index (χ1n) is 10.2. The third-order valence-electron chi connectivity index (χ3n) is 7.00. The zero-order valence-corrected chi connectivity index (χ0v) is 18.0. The van der Waals surface area contributed by atoms with Gasteiger partial charge in [-0.15, -0.1) is 0 Å². The van der Waals surface area contributed by atoms with Crippen LogP contribution in [0.5, 0.6) is 0 Å². The first-order valence-corrected chi connectivity index (χ1v) is 10.2. The van der Waals surface area contributed by atoms with E-state index in [1.807, 2.05) is 13.8 Å². The summed E-state index contributed by atoms with van der Waals surface area (Å²) >= 11 is 0. The Morgan fingerprint density at radius 1 is 0.517 bits per heavy atom. The lowest BCUT2D eigenvalue weighted by Crippen LogP contribution is -2.49. The van der Waals surface area contributed by atoms with E-state index in [0.717, 1.165) is 0 Å². The summed E-state index contributed by atoms with van der Waals surface area (Å²) in [5, 5.41) is 0. The van der Waals surface area contributed by atoms with Crippen molar-refractivity contribution in [2.75, 3.05) is 28.4 Å². The molecular formula is C21H32O8. The van der Waals surface area contributed by atoms with Crippen molar-refractivity contribution in [1.82, 2.24) is 0 Å². The molecule has 0 aliphatic heterocycles. The Kier molecular flexibility index (Phi) is 7.66. The number of rotatable bonds is 4. The van der Waals surface area contributed by atoms with Crippen LogP contribution in [0.2, 0.25) is 0 Å². The lowest BCUT2D eigenvalue weighted by atomic mass is 9.58. The highest BCUT2D eigenvalue weighted by Crippen LogP contribution is 2.64. The fourth-order valence-electron chi connectivity index (χ4n) is 6.01. The number of carbonyl (C=O) groups excluding carboxylic acids is 4. The van der Waals surface area contributed by atoms with Crippen LogP contribution in [0.25, 0.3) is 0 Å². The van der Waals surface area contributed by atoms with Crippen LogP contribution >= 0.6 is 0 Å². The topological polar surface area (TPSA) is 105 Å². The van der Waals surface area contributed by atoms with Crippen LogP contribution in [0, 0.1) is 47.3 Å². The van der Waals surface area contributed by atoms with Gasteiger partial charge in [0, 0.05) is 0 Å². The molecule has 0 saturated heterocycles. The van der Waals surface area contributed by atoms with Crippen molar-refractivity contribution in [3.8, 4) is 0 Å². The van der Waals surface area contributed by atoms with Crippen LogP contribution < -0.4 is 0 Å². The highest BCUT2D eigenvalue weighted by atomic mass is 16.5. The second-order valence-corrected chi connectivity index (χ2v) is 7.72. The summed E-state index contributed by atoms with van der Waals surface area (Å²) in [6.45, 7) is 4.00. The van der Waals surface area contributed by atoms with Gasteiger partial charge >= 0.3 is 23.9 Å². The van der Waals surface area contributed by atoms with Gasteiger partial charge in [-0.05, 0) is 42.9 Å². The first-order chi connectivity index (χ1) is 13.9. The third kappa shape index (κ3) is 3.85. The monoisotopic (exact) mass is 412 g/mol. The number of ether oxygens (including phenoxy) is 4. The molecule has 0 spiro atoms. The molecule has 2 bridgehead atoms. The predicted octanol–water partition coefficient (Wildman–Crippen LogP) is 1.85. The first kappa shape index (κ1) is 23.2. The van der Waals surface area contributed by atoms with E-state index < -0.39 is 47.5 Å². The maximum atomic E-state index is 12.4. The van der Waals surface area contributed by atoms with Gasteiger partial charge in [0.25, 0.3) is 0 Å². The van der Waals surface area contributed by atoms with Gasteiger partial charge in [0.15, 0.2) is 0 Å². The summed E-state index contributed by atoms with van der Waals surface area (Å²) in [6, 6.07) is 0. The minimum Gasteiger partial charge on any atom is -0.469 e. The molecule has 3 aliphatic rings. The lowest BCUT2D eigenvalue weighted by molar-refractivity contribution is -0.170. The van der Waals surface area contributed by atoms with E-state index in [1.165, 1.54) is 28.4 Å². The summed E-state index contributed by atoms with van der Waals surface area (Å²) in [6.07, 6.45) is 1.58. The summed E-state index contributed by atoms with van der Waals surface area (Å²) < 4.78 is 19.7. The fourth-order valence-corrected chi connectivity index (χ4v) is 6.01. The minimum absolute atomic E-state index is 0.0602. The van der Waals surface area contributed by atoms with Crippen LogP contribution in [0.15, 0.2) is 0 Å². The summed E-state index contributed by atoms with van der Waals surface area (Å²) in [4.78, 5) is 49.4. The average Bonchev–Trinajstić information content (AvgIpc) is 3.33. The summed E-state index contributed by atoms with van der Waals surface area (Å²) in [7, 11) is 5.22. The van der Waals surface area contributed by atoms with E-state index in [0.29, 0.717) is 19.3 Å². The van der Waals surface area contributed by atoms with Crippen molar-refractivity contribution in [2.24, 2.45) is 47.3 Å². The Hall–Kier alpha value is -2.12. The largest absolute Gasteiger partial charge is 0.469 e. The van der Waals surface area contributed by atoms with Gasteiger partial charge in [0.1, 0.15) is 0 Å². The predicted molar refractivity (Wildman–Crippen MR) is 101 cm³/mol. The molecule has 0 aromatic rings. The zero-order chi connectivity index (χ0) is 21.9. The smallest absolute Gasteiger partial charge is 0.309 e. The minimum atomic E-state index is -0.599. The molecule has 3 fully saturated rings. The SMILES string of the molecule is CC.COC(=O)[C@@H]1[C@H](C(=O)OC)[C@@H]2C[C@H]1C1C[C@H](C(=O)OC)[C@H](C(=O)OC)CC12. The molecule has 0 heterocycles. The highest BCUT2D eigenvalue weighted by molar-refractivity contribution is 5.85. The van der Waals surface area contributed by atoms with Crippen LogP contribution in [0.4, 0.5) is 0 Å². The second kappa shape index (κ2) is 9.59. The van der Waals surface area contributed by atoms with E-state index >= 15 is 0 Å². The summed E-state index contributed by atoms with van der Waals surface area (Å²) in [5.41, 5.74) is 0. The van der Waals surface area contributed by atoms with Crippen LogP contribution in [0.3, 0.4) is 0 Å².